The van der Waals surface area contributed by atoms with E-state index in [-0.39, 0.29) is 11.3 Å². The normalized spacial score (nSPS) is 11.6. The van der Waals surface area contributed by atoms with Gasteiger partial charge in [0, 0.05) is 5.39 Å². The Morgan fingerprint density at radius 3 is 2.52 bits per heavy atom. The third kappa shape index (κ3) is 3.56. The molecule has 4 rings (SSSR count). The lowest BCUT2D eigenvalue weighted by Gasteiger charge is -2.13. The van der Waals surface area contributed by atoms with Crippen LogP contribution in [-0.2, 0) is 6.18 Å². The molecule has 0 bridgehead atoms. The number of benzene rings is 2. The van der Waals surface area contributed by atoms with E-state index in [0.717, 1.165) is 17.0 Å². The standard InChI is InChI=1S/C21H15F3N4O/c1-13-15(20(29)27-18-9-5-3-7-16(18)21(22,23)24)12-25-28(13)19-11-10-14-6-2-4-8-17(14)26-19/h2-12H,1H3,(H,27,29). The first-order chi connectivity index (χ1) is 13.8. The molecule has 0 atom stereocenters. The van der Waals surface area contributed by atoms with Crippen molar-refractivity contribution in [3.63, 3.8) is 0 Å². The summed E-state index contributed by atoms with van der Waals surface area (Å²) < 4.78 is 41.0. The van der Waals surface area contributed by atoms with Crippen LogP contribution < -0.4 is 5.32 Å². The second kappa shape index (κ2) is 7.05. The quantitative estimate of drug-likeness (QED) is 0.530. The lowest BCUT2D eigenvalue weighted by atomic mass is 10.1. The first-order valence-corrected chi connectivity index (χ1v) is 8.73. The minimum atomic E-state index is -4.57. The van der Waals surface area contributed by atoms with Crippen molar-refractivity contribution in [2.45, 2.75) is 13.1 Å². The Labute approximate surface area is 163 Å². The summed E-state index contributed by atoms with van der Waals surface area (Å²) in [5, 5.41) is 7.49. The van der Waals surface area contributed by atoms with E-state index in [2.05, 4.69) is 15.4 Å². The molecular weight excluding hydrogens is 381 g/mol. The Kier molecular flexibility index (Phi) is 4.54. The second-order valence-corrected chi connectivity index (χ2v) is 6.42. The van der Waals surface area contributed by atoms with Gasteiger partial charge in [0.05, 0.1) is 34.2 Å². The van der Waals surface area contributed by atoms with Crippen LogP contribution in [0, 0.1) is 6.92 Å². The molecule has 0 radical (unpaired) electrons. The lowest BCUT2D eigenvalue weighted by Crippen LogP contribution is -2.17. The van der Waals surface area contributed by atoms with Gasteiger partial charge in [0.1, 0.15) is 0 Å². The van der Waals surface area contributed by atoms with Gasteiger partial charge in [-0.15, -0.1) is 0 Å². The average molecular weight is 396 g/mol. The molecule has 1 N–H and O–H groups in total. The zero-order valence-electron chi connectivity index (χ0n) is 15.2. The number of fused-ring (bicyclic) bond motifs is 1. The van der Waals surface area contributed by atoms with Crippen LogP contribution >= 0.6 is 0 Å². The Morgan fingerprint density at radius 1 is 1.00 bits per heavy atom. The number of alkyl halides is 3. The number of nitrogens with zero attached hydrogens (tertiary/aromatic N) is 3. The molecule has 5 nitrogen and oxygen atoms in total. The molecule has 8 heteroatoms. The van der Waals surface area contributed by atoms with Crippen molar-refractivity contribution in [3.8, 4) is 5.82 Å². The number of carbonyl (C=O) groups is 1. The van der Waals surface area contributed by atoms with Crippen LogP contribution in [0.1, 0.15) is 21.6 Å². The van der Waals surface area contributed by atoms with Crippen molar-refractivity contribution >= 4 is 22.5 Å². The van der Waals surface area contributed by atoms with E-state index >= 15 is 0 Å². The number of rotatable bonds is 3. The number of pyridine rings is 1. The number of anilines is 1. The Balaban J connectivity index is 1.66. The topological polar surface area (TPSA) is 59.8 Å². The molecule has 0 fully saturated rings. The number of nitrogens with one attached hydrogen (secondary N) is 1. The molecule has 0 aliphatic rings. The number of aromatic nitrogens is 3. The fraction of sp³-hybridized carbons (Fsp3) is 0.0952. The van der Waals surface area contributed by atoms with Gasteiger partial charge in [0.25, 0.3) is 5.91 Å². The van der Waals surface area contributed by atoms with E-state index in [1.165, 1.54) is 29.1 Å². The summed E-state index contributed by atoms with van der Waals surface area (Å²) in [7, 11) is 0. The first kappa shape index (κ1) is 18.7. The molecule has 0 spiro atoms. The Bertz CT molecular complexity index is 1210. The van der Waals surface area contributed by atoms with Crippen molar-refractivity contribution < 1.29 is 18.0 Å². The summed E-state index contributed by atoms with van der Waals surface area (Å²) in [6.07, 6.45) is -3.25. The van der Waals surface area contributed by atoms with Crippen molar-refractivity contribution in [2.24, 2.45) is 0 Å². The van der Waals surface area contributed by atoms with Crippen LogP contribution in [0.3, 0.4) is 0 Å². The number of carbonyl (C=O) groups excluding carboxylic acids is 1. The molecule has 0 aliphatic carbocycles. The van der Waals surface area contributed by atoms with Crippen LogP contribution in [0.25, 0.3) is 16.7 Å². The van der Waals surface area contributed by atoms with Crippen LogP contribution in [0.15, 0.2) is 66.9 Å². The van der Waals surface area contributed by atoms with Gasteiger partial charge in [0.2, 0.25) is 0 Å². The smallest absolute Gasteiger partial charge is 0.321 e. The van der Waals surface area contributed by atoms with Gasteiger partial charge in [-0.25, -0.2) is 9.67 Å². The van der Waals surface area contributed by atoms with Crippen molar-refractivity contribution in [2.75, 3.05) is 5.32 Å². The maximum Gasteiger partial charge on any atom is 0.418 e. The largest absolute Gasteiger partial charge is 0.418 e. The number of hydrogen-bond acceptors (Lipinski definition) is 3. The maximum absolute atomic E-state index is 13.2. The SMILES string of the molecule is Cc1c(C(=O)Nc2ccccc2C(F)(F)F)cnn1-c1ccc2ccccc2n1. The number of amides is 1. The Morgan fingerprint density at radius 2 is 1.72 bits per heavy atom. The first-order valence-electron chi connectivity index (χ1n) is 8.73. The molecule has 29 heavy (non-hydrogen) atoms. The predicted molar refractivity (Wildman–Crippen MR) is 103 cm³/mol. The van der Waals surface area contributed by atoms with E-state index in [4.69, 9.17) is 0 Å². The fourth-order valence-corrected chi connectivity index (χ4v) is 3.07. The molecule has 1 amide bonds. The summed E-state index contributed by atoms with van der Waals surface area (Å²) in [6, 6.07) is 16.1. The molecule has 0 unspecified atom stereocenters. The fourth-order valence-electron chi connectivity index (χ4n) is 3.07. The van der Waals surface area contributed by atoms with Crippen LogP contribution in [0.2, 0.25) is 0 Å². The van der Waals surface area contributed by atoms with Gasteiger partial charge in [-0.05, 0) is 37.3 Å². The van der Waals surface area contributed by atoms with Gasteiger partial charge in [-0.1, -0.05) is 30.3 Å². The molecule has 0 saturated heterocycles. The Hall–Kier alpha value is -3.68. The van der Waals surface area contributed by atoms with Gasteiger partial charge in [-0.2, -0.15) is 18.3 Å². The van der Waals surface area contributed by atoms with Gasteiger partial charge in [0.15, 0.2) is 5.82 Å². The number of halogens is 3. The molecule has 2 heterocycles. The third-order valence-corrected chi connectivity index (χ3v) is 4.54. The summed E-state index contributed by atoms with van der Waals surface area (Å²) in [5.74, 6) is -0.165. The van der Waals surface area contributed by atoms with E-state index in [1.807, 2.05) is 30.3 Å². The lowest BCUT2D eigenvalue weighted by molar-refractivity contribution is -0.136. The third-order valence-electron chi connectivity index (χ3n) is 4.54. The van der Waals surface area contributed by atoms with Gasteiger partial charge in [-0.3, -0.25) is 4.79 Å². The highest BCUT2D eigenvalue weighted by atomic mass is 19.4. The summed E-state index contributed by atoms with van der Waals surface area (Å²) in [5.41, 5.74) is 0.187. The van der Waals surface area contributed by atoms with Crippen molar-refractivity contribution in [1.82, 2.24) is 14.8 Å². The molecule has 4 aromatic rings. The molecule has 0 aliphatic heterocycles. The number of hydrogen-bond donors (Lipinski definition) is 1. The monoisotopic (exact) mass is 396 g/mol. The molecular formula is C21H15F3N4O. The highest BCUT2D eigenvalue weighted by Crippen LogP contribution is 2.34. The molecule has 2 aromatic heterocycles. The maximum atomic E-state index is 13.2. The highest BCUT2D eigenvalue weighted by Gasteiger charge is 2.33. The van der Waals surface area contributed by atoms with Crippen molar-refractivity contribution in [3.05, 3.63) is 83.7 Å². The summed E-state index contributed by atoms with van der Waals surface area (Å²) in [4.78, 5) is 17.1. The minimum Gasteiger partial charge on any atom is -0.321 e. The highest BCUT2D eigenvalue weighted by molar-refractivity contribution is 6.05. The average Bonchev–Trinajstić information content (AvgIpc) is 3.08. The van der Waals surface area contributed by atoms with Gasteiger partial charge < -0.3 is 5.32 Å². The van der Waals surface area contributed by atoms with Crippen LogP contribution in [-0.4, -0.2) is 20.7 Å². The second-order valence-electron chi connectivity index (χ2n) is 6.42. The van der Waals surface area contributed by atoms with Crippen LogP contribution in [0.4, 0.5) is 18.9 Å². The molecule has 2 aromatic carbocycles. The molecule has 146 valence electrons. The van der Waals surface area contributed by atoms with Crippen LogP contribution in [0.5, 0.6) is 0 Å². The van der Waals surface area contributed by atoms with E-state index < -0.39 is 17.6 Å². The minimum absolute atomic E-state index is 0.164. The number of para-hydroxylation sites is 2. The molecule has 0 saturated carbocycles. The predicted octanol–water partition coefficient (Wildman–Crippen LogP) is 5.00. The van der Waals surface area contributed by atoms with Gasteiger partial charge >= 0.3 is 6.18 Å². The zero-order chi connectivity index (χ0) is 20.6. The summed E-state index contributed by atoms with van der Waals surface area (Å²) in [6.45, 7) is 1.66. The van der Waals surface area contributed by atoms with E-state index in [1.54, 1.807) is 13.0 Å². The van der Waals surface area contributed by atoms with Crippen molar-refractivity contribution in [1.29, 1.82) is 0 Å². The summed E-state index contributed by atoms with van der Waals surface area (Å²) >= 11 is 0. The zero-order valence-corrected chi connectivity index (χ0v) is 15.2. The van der Waals surface area contributed by atoms with E-state index in [9.17, 15) is 18.0 Å². The van der Waals surface area contributed by atoms with E-state index in [0.29, 0.717) is 11.5 Å².